The Labute approximate surface area is 101 Å². The van der Waals surface area contributed by atoms with Crippen LogP contribution in [0.4, 0.5) is 0 Å². The van der Waals surface area contributed by atoms with Crippen LogP contribution in [0.5, 0.6) is 0 Å². The molecule has 1 aliphatic carbocycles. The third kappa shape index (κ3) is 5.31. The summed E-state index contributed by atoms with van der Waals surface area (Å²) in [5.74, 6) is 0.795. The van der Waals surface area contributed by atoms with Gasteiger partial charge in [-0.2, -0.15) is 0 Å². The van der Waals surface area contributed by atoms with Crippen LogP contribution in [0.2, 0.25) is 0 Å². The van der Waals surface area contributed by atoms with E-state index in [2.05, 4.69) is 26.1 Å². The minimum atomic E-state index is -0.342. The second kappa shape index (κ2) is 6.61. The van der Waals surface area contributed by atoms with Crippen molar-refractivity contribution >= 4 is 0 Å². The maximum Gasteiger partial charge on any atom is 0.0659 e. The van der Waals surface area contributed by atoms with Crippen molar-refractivity contribution in [2.24, 2.45) is 5.92 Å². The van der Waals surface area contributed by atoms with Gasteiger partial charge in [0.2, 0.25) is 0 Å². The van der Waals surface area contributed by atoms with E-state index in [9.17, 15) is 5.11 Å². The Morgan fingerprint density at radius 1 is 1.12 bits per heavy atom. The van der Waals surface area contributed by atoms with Crippen molar-refractivity contribution in [2.45, 2.75) is 77.4 Å². The summed E-state index contributed by atoms with van der Waals surface area (Å²) in [6.07, 6.45) is 7.90. The summed E-state index contributed by atoms with van der Waals surface area (Å²) in [6.45, 7) is 7.76. The summed E-state index contributed by atoms with van der Waals surface area (Å²) in [5.41, 5.74) is -0.342. The van der Waals surface area contributed by atoms with Crippen LogP contribution < -0.4 is 5.32 Å². The van der Waals surface area contributed by atoms with Gasteiger partial charge in [-0.15, -0.1) is 0 Å². The van der Waals surface area contributed by atoms with E-state index in [4.69, 9.17) is 0 Å². The maximum absolute atomic E-state index is 10.2. The lowest BCUT2D eigenvalue weighted by molar-refractivity contribution is 0.0385. The molecule has 1 saturated carbocycles. The second-order valence-electron chi connectivity index (χ2n) is 6.01. The molecule has 1 atom stereocenters. The van der Waals surface area contributed by atoms with Crippen molar-refractivity contribution in [3.05, 3.63) is 0 Å². The molecule has 16 heavy (non-hydrogen) atoms. The first-order valence-electron chi connectivity index (χ1n) is 6.98. The highest BCUT2D eigenvalue weighted by molar-refractivity contribution is 4.84. The standard InChI is InChI=1S/C14H29NO/c1-12(2)6-7-13(3)15-11-10-14(16)8-4-5-9-14/h12-13,15-16H,4-11H2,1-3H3/t13-/m0/s1. The lowest BCUT2D eigenvalue weighted by atomic mass is 9.97. The van der Waals surface area contributed by atoms with E-state index in [0.717, 1.165) is 31.7 Å². The minimum Gasteiger partial charge on any atom is -0.390 e. The van der Waals surface area contributed by atoms with Gasteiger partial charge in [0.05, 0.1) is 5.60 Å². The third-order valence-electron chi connectivity index (χ3n) is 3.79. The van der Waals surface area contributed by atoms with Gasteiger partial charge in [-0.05, 0) is 51.5 Å². The Bertz CT molecular complexity index is 185. The molecule has 0 unspecified atom stereocenters. The number of aliphatic hydroxyl groups is 1. The highest BCUT2D eigenvalue weighted by Crippen LogP contribution is 2.31. The number of hydrogen-bond donors (Lipinski definition) is 2. The maximum atomic E-state index is 10.2. The van der Waals surface area contributed by atoms with E-state index in [-0.39, 0.29) is 5.60 Å². The van der Waals surface area contributed by atoms with Gasteiger partial charge >= 0.3 is 0 Å². The SMILES string of the molecule is CC(C)CC[C@H](C)NCCC1(O)CCCC1. The van der Waals surface area contributed by atoms with Crippen LogP contribution in [0, 0.1) is 5.92 Å². The molecule has 0 bridgehead atoms. The average molecular weight is 227 g/mol. The smallest absolute Gasteiger partial charge is 0.0659 e. The van der Waals surface area contributed by atoms with Crippen LogP contribution in [-0.2, 0) is 0 Å². The zero-order chi connectivity index (χ0) is 12.0. The summed E-state index contributed by atoms with van der Waals surface area (Å²) in [5, 5.41) is 13.7. The molecule has 0 amide bonds. The highest BCUT2D eigenvalue weighted by atomic mass is 16.3. The molecular weight excluding hydrogens is 198 g/mol. The zero-order valence-corrected chi connectivity index (χ0v) is 11.3. The first kappa shape index (κ1) is 14.0. The van der Waals surface area contributed by atoms with E-state index in [1.807, 2.05) is 0 Å². The van der Waals surface area contributed by atoms with Crippen molar-refractivity contribution < 1.29 is 5.11 Å². The molecule has 1 rings (SSSR count). The fourth-order valence-electron chi connectivity index (χ4n) is 2.52. The van der Waals surface area contributed by atoms with Gasteiger partial charge in [0, 0.05) is 6.04 Å². The topological polar surface area (TPSA) is 32.3 Å². The Hall–Kier alpha value is -0.0800. The largest absolute Gasteiger partial charge is 0.390 e. The Morgan fingerprint density at radius 2 is 1.75 bits per heavy atom. The lowest BCUT2D eigenvalue weighted by Crippen LogP contribution is -2.34. The fraction of sp³-hybridized carbons (Fsp3) is 1.00. The van der Waals surface area contributed by atoms with E-state index in [1.54, 1.807) is 0 Å². The van der Waals surface area contributed by atoms with E-state index in [0.29, 0.717) is 6.04 Å². The summed E-state index contributed by atoms with van der Waals surface area (Å²) in [4.78, 5) is 0. The molecule has 0 aromatic heterocycles. The molecule has 0 aromatic carbocycles. The van der Waals surface area contributed by atoms with Gasteiger partial charge in [-0.1, -0.05) is 26.7 Å². The Morgan fingerprint density at radius 3 is 2.31 bits per heavy atom. The predicted molar refractivity (Wildman–Crippen MR) is 69.6 cm³/mol. The van der Waals surface area contributed by atoms with Crippen LogP contribution in [-0.4, -0.2) is 23.3 Å². The molecule has 0 aliphatic heterocycles. The van der Waals surface area contributed by atoms with E-state index in [1.165, 1.54) is 25.7 Å². The van der Waals surface area contributed by atoms with E-state index < -0.39 is 0 Å². The van der Waals surface area contributed by atoms with Crippen LogP contribution in [0.1, 0.15) is 65.7 Å². The molecule has 0 spiro atoms. The molecule has 2 heteroatoms. The number of rotatable bonds is 7. The Kier molecular flexibility index (Phi) is 5.77. The predicted octanol–water partition coefficient (Wildman–Crippen LogP) is 3.10. The van der Waals surface area contributed by atoms with Crippen molar-refractivity contribution in [2.75, 3.05) is 6.54 Å². The first-order valence-corrected chi connectivity index (χ1v) is 6.98. The first-order chi connectivity index (χ1) is 7.52. The highest BCUT2D eigenvalue weighted by Gasteiger charge is 2.30. The van der Waals surface area contributed by atoms with Crippen molar-refractivity contribution in [1.29, 1.82) is 0 Å². The Balaban J connectivity index is 2.05. The van der Waals surface area contributed by atoms with Gasteiger partial charge < -0.3 is 10.4 Å². The molecule has 0 aromatic rings. The molecule has 2 nitrogen and oxygen atoms in total. The summed E-state index contributed by atoms with van der Waals surface area (Å²) in [7, 11) is 0. The van der Waals surface area contributed by atoms with Crippen LogP contribution in [0.25, 0.3) is 0 Å². The number of hydrogen-bond acceptors (Lipinski definition) is 2. The number of nitrogens with one attached hydrogen (secondary N) is 1. The average Bonchev–Trinajstić information content (AvgIpc) is 2.62. The molecule has 1 fully saturated rings. The van der Waals surface area contributed by atoms with Crippen LogP contribution in [0.3, 0.4) is 0 Å². The molecule has 0 radical (unpaired) electrons. The summed E-state index contributed by atoms with van der Waals surface area (Å²) < 4.78 is 0. The molecule has 0 heterocycles. The summed E-state index contributed by atoms with van der Waals surface area (Å²) >= 11 is 0. The third-order valence-corrected chi connectivity index (χ3v) is 3.79. The van der Waals surface area contributed by atoms with Gasteiger partial charge in [-0.25, -0.2) is 0 Å². The van der Waals surface area contributed by atoms with Gasteiger partial charge in [0.1, 0.15) is 0 Å². The van der Waals surface area contributed by atoms with E-state index >= 15 is 0 Å². The molecule has 1 aliphatic rings. The summed E-state index contributed by atoms with van der Waals surface area (Å²) in [6, 6.07) is 0.590. The van der Waals surface area contributed by atoms with Gasteiger partial charge in [-0.3, -0.25) is 0 Å². The minimum absolute atomic E-state index is 0.342. The van der Waals surface area contributed by atoms with Gasteiger partial charge in [0.25, 0.3) is 0 Å². The van der Waals surface area contributed by atoms with Crippen LogP contribution in [0.15, 0.2) is 0 Å². The monoisotopic (exact) mass is 227 g/mol. The zero-order valence-electron chi connectivity index (χ0n) is 11.3. The van der Waals surface area contributed by atoms with Gasteiger partial charge in [0.15, 0.2) is 0 Å². The lowest BCUT2D eigenvalue weighted by Gasteiger charge is -2.23. The van der Waals surface area contributed by atoms with Crippen molar-refractivity contribution in [3.8, 4) is 0 Å². The quantitative estimate of drug-likeness (QED) is 0.700. The molecular formula is C14H29NO. The fourth-order valence-corrected chi connectivity index (χ4v) is 2.52. The normalized spacial score (nSPS) is 21.6. The van der Waals surface area contributed by atoms with Crippen molar-refractivity contribution in [3.63, 3.8) is 0 Å². The van der Waals surface area contributed by atoms with Crippen LogP contribution >= 0.6 is 0 Å². The molecule has 0 saturated heterocycles. The van der Waals surface area contributed by atoms with Crippen molar-refractivity contribution in [1.82, 2.24) is 5.32 Å². The molecule has 96 valence electrons. The molecule has 2 N–H and O–H groups in total. The second-order valence-corrected chi connectivity index (χ2v) is 6.01.